The van der Waals surface area contributed by atoms with Gasteiger partial charge in [0.2, 0.25) is 0 Å². The minimum absolute atomic E-state index is 0.894. The van der Waals surface area contributed by atoms with Crippen molar-refractivity contribution in [3.63, 3.8) is 0 Å². The van der Waals surface area contributed by atoms with Gasteiger partial charge in [0.05, 0.1) is 0 Å². The van der Waals surface area contributed by atoms with Gasteiger partial charge in [0.25, 0.3) is 0 Å². The topological polar surface area (TPSA) is 36.9 Å². The average molecular weight is 142 g/mol. The van der Waals surface area contributed by atoms with Crippen molar-refractivity contribution in [1.29, 1.82) is 0 Å². The fourth-order valence-electron chi connectivity index (χ4n) is 0.825. The maximum absolute atomic E-state index is 4.94. The lowest BCUT2D eigenvalue weighted by atomic mass is 10.4. The number of hydrogen-bond donors (Lipinski definition) is 1. The molecule has 0 aliphatic carbocycles. The van der Waals surface area contributed by atoms with E-state index in [1.54, 1.807) is 6.92 Å². The highest BCUT2D eigenvalue weighted by Gasteiger charge is 2.08. The lowest BCUT2D eigenvalue weighted by Crippen LogP contribution is -2.42. The molecular weight excluding hydrogens is 130 g/mol. The maximum Gasteiger partial charge on any atom is 0.104 e. The molecule has 1 heterocycles. The van der Waals surface area contributed by atoms with E-state index in [1.807, 2.05) is 5.06 Å². The van der Waals surface area contributed by atoms with Crippen LogP contribution in [0.4, 0.5) is 0 Å². The molecule has 0 spiro atoms. The van der Waals surface area contributed by atoms with Crippen LogP contribution in [0.1, 0.15) is 6.92 Å². The Morgan fingerprint density at radius 2 is 2.20 bits per heavy atom. The van der Waals surface area contributed by atoms with Gasteiger partial charge in [-0.3, -0.25) is 4.94 Å². The van der Waals surface area contributed by atoms with Crippen LogP contribution in [-0.4, -0.2) is 37.5 Å². The average Bonchev–Trinajstić information content (AvgIpc) is 2.03. The van der Waals surface area contributed by atoms with E-state index >= 15 is 0 Å². The number of nitrogens with zero attached hydrogens (tertiary/aromatic N) is 2. The zero-order valence-corrected chi connectivity index (χ0v) is 6.13. The van der Waals surface area contributed by atoms with Crippen LogP contribution >= 0.6 is 0 Å². The van der Waals surface area contributed by atoms with Gasteiger partial charge in [0.15, 0.2) is 0 Å². The highest BCUT2D eigenvalue weighted by Crippen LogP contribution is 1.92. The molecule has 1 rings (SSSR count). The summed E-state index contributed by atoms with van der Waals surface area (Å²) in [5.74, 6) is 0. The number of nitrogens with one attached hydrogen (secondary N) is 1. The van der Waals surface area contributed by atoms with Crippen molar-refractivity contribution in [1.82, 2.24) is 10.4 Å². The highest BCUT2D eigenvalue weighted by molar-refractivity contribution is 5.52. The number of rotatable bonds is 2. The van der Waals surface area contributed by atoms with Gasteiger partial charge in [-0.1, -0.05) is 5.16 Å². The van der Waals surface area contributed by atoms with Crippen LogP contribution in [0.15, 0.2) is 5.16 Å². The third kappa shape index (κ3) is 2.33. The van der Waals surface area contributed by atoms with Gasteiger partial charge in [0.1, 0.15) is 6.21 Å². The summed E-state index contributed by atoms with van der Waals surface area (Å²) < 4.78 is 0. The van der Waals surface area contributed by atoms with Gasteiger partial charge in [-0.05, 0) is 6.92 Å². The second kappa shape index (κ2) is 4.24. The first kappa shape index (κ1) is 7.50. The molecule has 57 valence electrons. The van der Waals surface area contributed by atoms with E-state index in [0.717, 1.165) is 26.2 Å². The molecular formula is C6H12N3O. The third-order valence-corrected chi connectivity index (χ3v) is 1.32. The lowest BCUT2D eigenvalue weighted by molar-refractivity contribution is -0.163. The van der Waals surface area contributed by atoms with E-state index in [9.17, 15) is 0 Å². The van der Waals surface area contributed by atoms with E-state index < -0.39 is 0 Å². The second-order valence-electron chi connectivity index (χ2n) is 2.08. The molecule has 0 bridgehead atoms. The maximum atomic E-state index is 4.94. The molecule has 10 heavy (non-hydrogen) atoms. The van der Waals surface area contributed by atoms with Crippen molar-refractivity contribution in [2.45, 2.75) is 6.92 Å². The molecule has 1 radical (unpaired) electrons. The molecule has 0 amide bonds. The highest BCUT2D eigenvalue weighted by atomic mass is 16.8. The third-order valence-electron chi connectivity index (χ3n) is 1.32. The van der Waals surface area contributed by atoms with Gasteiger partial charge in [0, 0.05) is 26.2 Å². The van der Waals surface area contributed by atoms with Crippen molar-refractivity contribution >= 4 is 6.21 Å². The predicted octanol–water partition coefficient (Wildman–Crippen LogP) is -0.294. The Morgan fingerprint density at radius 3 is 2.80 bits per heavy atom. The van der Waals surface area contributed by atoms with Crippen molar-refractivity contribution in [3.05, 3.63) is 0 Å². The Bertz CT molecular complexity index is 110. The van der Waals surface area contributed by atoms with Gasteiger partial charge < -0.3 is 5.32 Å². The van der Waals surface area contributed by atoms with Crippen LogP contribution in [0.3, 0.4) is 0 Å². The first-order valence-electron chi connectivity index (χ1n) is 3.43. The molecule has 0 aromatic carbocycles. The normalized spacial score (nSPS) is 21.7. The molecule has 1 aliphatic heterocycles. The summed E-state index contributed by atoms with van der Waals surface area (Å²) in [6.45, 7) is 5.44. The summed E-state index contributed by atoms with van der Waals surface area (Å²) >= 11 is 0. The molecule has 0 aromatic rings. The number of hydroxylamine groups is 2. The van der Waals surface area contributed by atoms with Crippen LogP contribution < -0.4 is 5.32 Å². The molecule has 0 aromatic heterocycles. The van der Waals surface area contributed by atoms with Crippen molar-refractivity contribution in [2.24, 2.45) is 5.16 Å². The van der Waals surface area contributed by atoms with Gasteiger partial charge >= 0.3 is 0 Å². The van der Waals surface area contributed by atoms with Crippen molar-refractivity contribution in [3.8, 4) is 0 Å². The number of hydrogen-bond acceptors (Lipinski definition) is 4. The summed E-state index contributed by atoms with van der Waals surface area (Å²) in [5.41, 5.74) is 0. The Labute approximate surface area is 60.8 Å². The molecule has 4 nitrogen and oxygen atoms in total. The van der Waals surface area contributed by atoms with Gasteiger partial charge in [-0.2, -0.15) is 0 Å². The van der Waals surface area contributed by atoms with Crippen molar-refractivity contribution < 1.29 is 4.94 Å². The zero-order valence-electron chi connectivity index (χ0n) is 6.13. The molecule has 0 atom stereocenters. The van der Waals surface area contributed by atoms with Gasteiger partial charge in [-0.15, -0.1) is 5.06 Å². The molecule has 4 heteroatoms. The fourth-order valence-corrected chi connectivity index (χ4v) is 0.825. The van der Waals surface area contributed by atoms with Crippen LogP contribution in [0.25, 0.3) is 0 Å². The Hall–Kier alpha value is -0.610. The van der Waals surface area contributed by atoms with Crippen LogP contribution in [-0.2, 0) is 4.94 Å². The molecule has 1 saturated heterocycles. The van der Waals surface area contributed by atoms with Crippen molar-refractivity contribution in [2.75, 3.05) is 26.2 Å². The summed E-state index contributed by atoms with van der Waals surface area (Å²) in [6, 6.07) is 0. The van der Waals surface area contributed by atoms with Crippen LogP contribution in [0, 0.1) is 0 Å². The first-order chi connectivity index (χ1) is 4.93. The minimum atomic E-state index is 0.894. The van der Waals surface area contributed by atoms with Crippen LogP contribution in [0.2, 0.25) is 0 Å². The van der Waals surface area contributed by atoms with E-state index in [-0.39, 0.29) is 0 Å². The fraction of sp³-hybridized carbons (Fsp3) is 0.833. The number of piperazine rings is 1. The molecule has 1 aliphatic rings. The molecule has 1 fully saturated rings. The van der Waals surface area contributed by atoms with E-state index in [2.05, 4.69) is 16.7 Å². The van der Waals surface area contributed by atoms with Gasteiger partial charge in [-0.25, -0.2) is 0 Å². The second-order valence-corrected chi connectivity index (χ2v) is 2.08. The molecule has 0 saturated carbocycles. The monoisotopic (exact) mass is 142 g/mol. The summed E-state index contributed by atoms with van der Waals surface area (Å²) in [4.78, 5) is 4.94. The summed E-state index contributed by atoms with van der Waals surface area (Å²) in [6.07, 6.45) is 2.56. The van der Waals surface area contributed by atoms with E-state index in [1.165, 1.54) is 0 Å². The summed E-state index contributed by atoms with van der Waals surface area (Å²) in [7, 11) is 0. The zero-order chi connectivity index (χ0) is 7.23. The standard InChI is InChI=1S/C6H12N3O/c1-2-8-10-9-5-3-7-4-6-9/h7H,3-6H2,1H3. The van der Waals surface area contributed by atoms with Crippen LogP contribution in [0.5, 0.6) is 0 Å². The largest absolute Gasteiger partial charge is 0.314 e. The smallest absolute Gasteiger partial charge is 0.104 e. The predicted molar refractivity (Wildman–Crippen MR) is 38.6 cm³/mol. The lowest BCUT2D eigenvalue weighted by Gasteiger charge is -2.22. The van der Waals surface area contributed by atoms with E-state index in [0.29, 0.717) is 0 Å². The Morgan fingerprint density at radius 1 is 1.50 bits per heavy atom. The Balaban J connectivity index is 2.13. The first-order valence-corrected chi connectivity index (χ1v) is 3.43. The summed E-state index contributed by atoms with van der Waals surface area (Å²) in [5, 5.41) is 8.56. The Kier molecular flexibility index (Phi) is 3.18. The van der Waals surface area contributed by atoms with E-state index in [4.69, 9.17) is 4.94 Å². The quantitative estimate of drug-likeness (QED) is 0.425. The molecule has 0 unspecified atom stereocenters. The minimum Gasteiger partial charge on any atom is -0.314 e. The molecule has 1 N–H and O–H groups in total. The SMILES string of the molecule is C[C]=NON1CCNCC1.